The van der Waals surface area contributed by atoms with E-state index in [0.29, 0.717) is 17.8 Å². The summed E-state index contributed by atoms with van der Waals surface area (Å²) in [5, 5.41) is 56.2. The van der Waals surface area contributed by atoms with Crippen molar-refractivity contribution in [3.63, 3.8) is 0 Å². The molecule has 0 aliphatic carbocycles. The summed E-state index contributed by atoms with van der Waals surface area (Å²) >= 11 is 0. The summed E-state index contributed by atoms with van der Waals surface area (Å²) in [6.45, 7) is -0.616. The van der Waals surface area contributed by atoms with Gasteiger partial charge < -0.3 is 92.5 Å². The van der Waals surface area contributed by atoms with Crippen molar-refractivity contribution in [3.05, 3.63) is 104 Å². The first-order valence-corrected chi connectivity index (χ1v) is 20.9. The molecule has 0 fully saturated rings. The third kappa shape index (κ3) is 16.4. The molecule has 3 rings (SSSR count). The molecule has 0 bridgehead atoms. The van der Waals surface area contributed by atoms with Gasteiger partial charge in [0.1, 0.15) is 17.8 Å². The maximum absolute atomic E-state index is 14.6. The number of benzene rings is 3. The third-order valence-electron chi connectivity index (χ3n) is 9.64. The van der Waals surface area contributed by atoms with E-state index in [4.69, 9.17) is 45.9 Å². The predicted octanol–water partition coefficient (Wildman–Crippen LogP) is -6.06. The number of hydrogen-bond acceptors (Lipinski definition) is 18. The van der Waals surface area contributed by atoms with E-state index in [2.05, 4.69) is 35.9 Å². The lowest BCUT2D eigenvalue weighted by Crippen LogP contribution is -2.58. The number of aliphatic hydroxyl groups excluding tert-OH is 1. The molecule has 0 saturated carbocycles. The standard InChI is InChI=1S/C40H53N21O13/c1-17(41)49-29(34(66)51-28(27(42)63)55-38(43)44)53-36(68)31(57-40(47)48)54-35(67)30(56-39(45)46)52-33(65)25(19-7-5-4-6-8-19)50-32(64)24(16-62)59(15-18-9-11-20(12-10-18)58(2)3)26-22(37(69)70)13-21(60(71)72)14-23(26)61(73)74/h4-14,24-25,28-31,62H,15-16H2,1-3H3,(H2,41,49)(H2,42,63)(H,50,64)(H,51,66)(H,52,65)(H,53,68)(H,54,67)(H,69,70)(H4,43,44,55)(H4,45,46,56)(H4,47,48,57). The summed E-state index contributed by atoms with van der Waals surface area (Å²) in [7, 11) is 3.46. The Balaban J connectivity index is 2.13. The van der Waals surface area contributed by atoms with E-state index in [1.54, 1.807) is 31.1 Å². The number of aromatic carboxylic acids is 1. The fourth-order valence-electron chi connectivity index (χ4n) is 6.41. The molecule has 34 nitrogen and oxygen atoms in total. The molecule has 0 radical (unpaired) electrons. The second-order valence-corrected chi connectivity index (χ2v) is 15.4. The molecule has 0 aliphatic heterocycles. The average Bonchev–Trinajstić information content (AvgIpc) is 3.31. The van der Waals surface area contributed by atoms with Gasteiger partial charge in [-0.3, -0.25) is 49.0 Å². The number of carboxylic acid groups (broad SMARTS) is 1. The van der Waals surface area contributed by atoms with E-state index < -0.39 is 142 Å². The van der Waals surface area contributed by atoms with Crippen molar-refractivity contribution in [2.45, 2.75) is 50.2 Å². The van der Waals surface area contributed by atoms with Gasteiger partial charge in [0, 0.05) is 32.4 Å². The van der Waals surface area contributed by atoms with Crippen LogP contribution in [0.2, 0.25) is 0 Å². The number of nitrogens with one attached hydrogen (secondary N) is 5. The zero-order valence-electron chi connectivity index (χ0n) is 39.3. The van der Waals surface area contributed by atoms with Crippen LogP contribution in [-0.2, 0) is 35.3 Å². The lowest BCUT2D eigenvalue weighted by molar-refractivity contribution is -0.393. The normalized spacial score (nSPS) is 13.3. The number of aliphatic imine (C=N–C) groups is 4. The van der Waals surface area contributed by atoms with Gasteiger partial charge in [-0.05, 0) is 30.2 Å². The van der Waals surface area contributed by atoms with Gasteiger partial charge >= 0.3 is 5.97 Å². The van der Waals surface area contributed by atoms with E-state index in [0.717, 1.165) is 4.90 Å². The molecule has 6 amide bonds. The highest BCUT2D eigenvalue weighted by molar-refractivity contribution is 6.02. The highest BCUT2D eigenvalue weighted by Gasteiger charge is 2.39. The van der Waals surface area contributed by atoms with E-state index in [-0.39, 0.29) is 17.0 Å². The van der Waals surface area contributed by atoms with Crippen LogP contribution in [0.3, 0.4) is 0 Å². The Morgan fingerprint density at radius 2 is 1.11 bits per heavy atom. The molecular weight excluding hydrogens is 983 g/mol. The Morgan fingerprint density at radius 1 is 0.635 bits per heavy atom. The van der Waals surface area contributed by atoms with Crippen molar-refractivity contribution in [3.8, 4) is 0 Å². The van der Waals surface area contributed by atoms with Crippen molar-refractivity contribution in [1.29, 1.82) is 0 Å². The Kier molecular flexibility index (Phi) is 20.3. The number of nitro benzene ring substituents is 2. The van der Waals surface area contributed by atoms with Crippen molar-refractivity contribution in [1.82, 2.24) is 26.6 Å². The van der Waals surface area contributed by atoms with Gasteiger partial charge in [0.05, 0.1) is 33.9 Å². The summed E-state index contributed by atoms with van der Waals surface area (Å²) in [5.41, 5.74) is 40.6. The lowest BCUT2D eigenvalue weighted by Gasteiger charge is -2.33. The SMILES string of the molecule is CC(N)=NC(NC(=O)C(N=C(N)N)NC(=O)C(N=C(N)N)NC(=O)C(NC(=O)C(CO)N(Cc1ccc(N(C)C)cc1)c1c(C(=O)O)cc([N+](=O)[O-])cc1[N+](=O)[O-])c1ccccc1)C(=O)NC(N=C(N)N)C(N)=O. The minimum Gasteiger partial charge on any atom is -0.478 e. The van der Waals surface area contributed by atoms with Crippen LogP contribution in [0, 0.1) is 20.2 Å². The Hall–Kier alpha value is -10.4. The molecule has 0 aromatic heterocycles. The average molecular weight is 1040 g/mol. The molecule has 3 aromatic rings. The van der Waals surface area contributed by atoms with E-state index in [1.807, 2.05) is 10.6 Å². The Labute approximate surface area is 417 Å². The number of rotatable bonds is 25. The second-order valence-electron chi connectivity index (χ2n) is 15.4. The van der Waals surface area contributed by atoms with Crippen LogP contribution >= 0.6 is 0 Å². The minimum absolute atomic E-state index is 0.0338. The number of aliphatic hydroxyl groups is 1. The number of anilines is 2. The predicted molar refractivity (Wildman–Crippen MR) is 264 cm³/mol. The quantitative estimate of drug-likeness (QED) is 0.0163. The van der Waals surface area contributed by atoms with Crippen LogP contribution in [0.15, 0.2) is 86.7 Å². The summed E-state index contributed by atoms with van der Waals surface area (Å²) in [6, 6.07) is 10.3. The maximum Gasteiger partial charge on any atom is 0.338 e. The summed E-state index contributed by atoms with van der Waals surface area (Å²) in [6.07, 6.45) is -8.35. The third-order valence-corrected chi connectivity index (χ3v) is 9.64. The number of guanidine groups is 3. The number of amides is 6. The number of primary amides is 1. The molecule has 396 valence electrons. The molecule has 3 aromatic carbocycles. The molecule has 0 aliphatic rings. The van der Waals surface area contributed by atoms with Gasteiger partial charge in [0.2, 0.25) is 36.5 Å². The number of carbonyl (C=O) groups is 7. The number of nitro groups is 2. The first-order chi connectivity index (χ1) is 34.6. The van der Waals surface area contributed by atoms with E-state index in [9.17, 15) is 64.0 Å². The van der Waals surface area contributed by atoms with Gasteiger partial charge in [0.25, 0.3) is 35.0 Å². The lowest BCUT2D eigenvalue weighted by atomic mass is 10.0. The van der Waals surface area contributed by atoms with Crippen molar-refractivity contribution >= 4 is 87.9 Å². The van der Waals surface area contributed by atoms with Crippen LogP contribution in [0.5, 0.6) is 0 Å². The number of amidine groups is 1. The van der Waals surface area contributed by atoms with Crippen molar-refractivity contribution < 1.29 is 53.6 Å². The number of carbonyl (C=O) groups excluding carboxylic acids is 6. The van der Waals surface area contributed by atoms with Crippen LogP contribution in [-0.4, -0.2) is 137 Å². The zero-order valence-corrected chi connectivity index (χ0v) is 39.3. The van der Waals surface area contributed by atoms with Gasteiger partial charge in [-0.15, -0.1) is 0 Å². The number of nitrogens with two attached hydrogens (primary N) is 8. The van der Waals surface area contributed by atoms with Crippen LogP contribution in [0.25, 0.3) is 0 Å². The molecule has 0 heterocycles. The van der Waals surface area contributed by atoms with E-state index in [1.165, 1.54) is 49.4 Å². The molecule has 74 heavy (non-hydrogen) atoms. The summed E-state index contributed by atoms with van der Waals surface area (Å²) < 4.78 is 0. The second kappa shape index (κ2) is 26.0. The van der Waals surface area contributed by atoms with E-state index >= 15 is 0 Å². The van der Waals surface area contributed by atoms with Gasteiger partial charge in [-0.25, -0.2) is 24.8 Å². The monoisotopic (exact) mass is 1040 g/mol. The van der Waals surface area contributed by atoms with Crippen LogP contribution in [0.1, 0.15) is 34.5 Å². The summed E-state index contributed by atoms with van der Waals surface area (Å²) in [4.78, 5) is 133. The molecule has 6 atom stereocenters. The van der Waals surface area contributed by atoms with Gasteiger partial charge in [0.15, 0.2) is 17.9 Å². The number of non-ortho nitro benzene ring substituents is 1. The van der Waals surface area contributed by atoms with Gasteiger partial charge in [-0.1, -0.05) is 42.5 Å². The number of carboxylic acids is 1. The van der Waals surface area contributed by atoms with Crippen molar-refractivity contribution in [2.24, 2.45) is 65.8 Å². The Bertz CT molecular complexity index is 2700. The molecule has 34 heteroatoms. The fourth-order valence-corrected chi connectivity index (χ4v) is 6.41. The Morgan fingerprint density at radius 3 is 1.53 bits per heavy atom. The smallest absolute Gasteiger partial charge is 0.338 e. The highest BCUT2D eigenvalue weighted by Crippen LogP contribution is 2.38. The first-order valence-electron chi connectivity index (χ1n) is 20.9. The molecular formula is C40H53N21O13. The minimum atomic E-state index is -2.24. The summed E-state index contributed by atoms with van der Waals surface area (Å²) in [5.74, 6) is -12.6. The largest absolute Gasteiger partial charge is 0.478 e. The zero-order chi connectivity index (χ0) is 55.7. The first kappa shape index (κ1) is 57.9. The molecule has 23 N–H and O–H groups in total. The maximum atomic E-state index is 14.6. The molecule has 6 unspecified atom stereocenters. The molecule has 0 saturated heterocycles. The molecule has 0 spiro atoms. The van der Waals surface area contributed by atoms with Gasteiger partial charge in [-0.2, -0.15) is 0 Å². The van der Waals surface area contributed by atoms with Crippen molar-refractivity contribution in [2.75, 3.05) is 30.5 Å². The van der Waals surface area contributed by atoms with Crippen LogP contribution in [0.4, 0.5) is 22.7 Å². The fraction of sp³-hybridized carbons (Fsp3) is 0.275. The van der Waals surface area contributed by atoms with Crippen LogP contribution < -0.4 is 82.3 Å². The topological polar surface area (TPSA) is 570 Å². The highest BCUT2D eigenvalue weighted by atomic mass is 16.6. The number of hydrogen-bond donors (Lipinski definition) is 15. The number of nitrogens with zero attached hydrogens (tertiary/aromatic N) is 8.